The summed E-state index contributed by atoms with van der Waals surface area (Å²) >= 11 is 3.37. The van der Waals surface area contributed by atoms with Crippen molar-refractivity contribution in [3.63, 3.8) is 0 Å². The first-order valence-corrected chi connectivity index (χ1v) is 7.03. The summed E-state index contributed by atoms with van der Waals surface area (Å²) in [6.07, 6.45) is 0. The molecule has 2 aromatic rings. The highest BCUT2D eigenvalue weighted by atomic mass is 79.9. The minimum atomic E-state index is -0.290. The van der Waals surface area contributed by atoms with E-state index in [9.17, 15) is 9.18 Å². The first-order valence-electron chi connectivity index (χ1n) is 6.23. The SMILES string of the molecule is Cc1ccc(Br)cc1C(=O)N(C)Cc1cccc(F)c1. The summed E-state index contributed by atoms with van der Waals surface area (Å²) in [7, 11) is 1.72. The van der Waals surface area contributed by atoms with Gasteiger partial charge in [0.15, 0.2) is 0 Å². The lowest BCUT2D eigenvalue weighted by molar-refractivity contribution is 0.0784. The van der Waals surface area contributed by atoms with E-state index in [0.29, 0.717) is 12.1 Å². The summed E-state index contributed by atoms with van der Waals surface area (Å²) in [5, 5.41) is 0. The molecular formula is C16H15BrFNO. The summed E-state index contributed by atoms with van der Waals surface area (Å²) in [5.74, 6) is -0.366. The fraction of sp³-hybridized carbons (Fsp3) is 0.188. The second-order valence-corrected chi connectivity index (χ2v) is 5.67. The second kappa shape index (κ2) is 6.18. The number of benzene rings is 2. The molecule has 0 aliphatic rings. The molecule has 0 spiro atoms. The van der Waals surface area contributed by atoms with Gasteiger partial charge in [0.2, 0.25) is 0 Å². The number of hydrogen-bond donors (Lipinski definition) is 0. The Labute approximate surface area is 126 Å². The molecule has 2 rings (SSSR count). The molecule has 1 amide bonds. The number of carbonyl (C=O) groups excluding carboxylic acids is 1. The van der Waals surface area contributed by atoms with Crippen molar-refractivity contribution in [2.24, 2.45) is 0 Å². The van der Waals surface area contributed by atoms with Crippen molar-refractivity contribution >= 4 is 21.8 Å². The number of carbonyl (C=O) groups is 1. The van der Waals surface area contributed by atoms with Crippen LogP contribution < -0.4 is 0 Å². The lowest BCUT2D eigenvalue weighted by atomic mass is 10.1. The van der Waals surface area contributed by atoms with Crippen LogP contribution in [-0.2, 0) is 6.54 Å². The van der Waals surface area contributed by atoms with E-state index in [1.165, 1.54) is 12.1 Å². The molecule has 0 unspecified atom stereocenters. The van der Waals surface area contributed by atoms with Crippen LogP contribution in [0, 0.1) is 12.7 Å². The van der Waals surface area contributed by atoms with Gasteiger partial charge in [0.1, 0.15) is 5.82 Å². The number of hydrogen-bond acceptors (Lipinski definition) is 1. The Morgan fingerprint density at radius 3 is 2.70 bits per heavy atom. The average Bonchev–Trinajstić information content (AvgIpc) is 2.40. The van der Waals surface area contributed by atoms with Crippen molar-refractivity contribution in [3.8, 4) is 0 Å². The van der Waals surface area contributed by atoms with E-state index in [1.54, 1.807) is 30.1 Å². The Balaban J connectivity index is 2.18. The van der Waals surface area contributed by atoms with Crippen molar-refractivity contribution in [2.45, 2.75) is 13.5 Å². The van der Waals surface area contributed by atoms with Gasteiger partial charge in [-0.15, -0.1) is 0 Å². The van der Waals surface area contributed by atoms with Gasteiger partial charge in [-0.2, -0.15) is 0 Å². The number of amides is 1. The monoisotopic (exact) mass is 335 g/mol. The molecule has 2 nitrogen and oxygen atoms in total. The summed E-state index contributed by atoms with van der Waals surface area (Å²) in [5.41, 5.74) is 2.34. The van der Waals surface area contributed by atoms with Crippen LogP contribution in [0.1, 0.15) is 21.5 Å². The van der Waals surface area contributed by atoms with Gasteiger partial charge in [0.05, 0.1) is 0 Å². The molecule has 2 aromatic carbocycles. The highest BCUT2D eigenvalue weighted by Gasteiger charge is 2.15. The van der Waals surface area contributed by atoms with E-state index in [2.05, 4.69) is 15.9 Å². The van der Waals surface area contributed by atoms with Crippen LogP contribution in [0.2, 0.25) is 0 Å². The number of rotatable bonds is 3. The van der Waals surface area contributed by atoms with Gasteiger partial charge in [0.25, 0.3) is 5.91 Å². The number of nitrogens with zero attached hydrogens (tertiary/aromatic N) is 1. The highest BCUT2D eigenvalue weighted by molar-refractivity contribution is 9.10. The molecular weight excluding hydrogens is 321 g/mol. The van der Waals surface area contributed by atoms with Crippen LogP contribution in [-0.4, -0.2) is 17.9 Å². The molecule has 0 heterocycles. The third-order valence-corrected chi connectivity index (χ3v) is 3.58. The van der Waals surface area contributed by atoms with Crippen molar-refractivity contribution in [2.75, 3.05) is 7.05 Å². The Bertz CT molecular complexity index is 642. The van der Waals surface area contributed by atoms with Crippen molar-refractivity contribution in [3.05, 3.63) is 69.4 Å². The highest BCUT2D eigenvalue weighted by Crippen LogP contribution is 2.18. The molecule has 0 aromatic heterocycles. The van der Waals surface area contributed by atoms with Crippen molar-refractivity contribution in [1.82, 2.24) is 4.90 Å². The summed E-state index contributed by atoms with van der Waals surface area (Å²) in [6.45, 7) is 2.28. The third kappa shape index (κ3) is 3.45. The molecule has 104 valence electrons. The Morgan fingerprint density at radius 2 is 2.00 bits per heavy atom. The molecule has 4 heteroatoms. The summed E-state index contributed by atoms with van der Waals surface area (Å²) < 4.78 is 14.0. The minimum absolute atomic E-state index is 0.0759. The third-order valence-electron chi connectivity index (χ3n) is 3.09. The zero-order valence-corrected chi connectivity index (χ0v) is 12.9. The van der Waals surface area contributed by atoms with Crippen molar-refractivity contribution in [1.29, 1.82) is 0 Å². The van der Waals surface area contributed by atoms with Crippen LogP contribution in [0.5, 0.6) is 0 Å². The summed E-state index contributed by atoms with van der Waals surface area (Å²) in [4.78, 5) is 14.0. The van der Waals surface area contributed by atoms with Crippen LogP contribution in [0.3, 0.4) is 0 Å². The van der Waals surface area contributed by atoms with Gasteiger partial charge in [-0.3, -0.25) is 4.79 Å². The number of aryl methyl sites for hydroxylation is 1. The Hall–Kier alpha value is -1.68. The zero-order valence-electron chi connectivity index (χ0n) is 11.4. The zero-order chi connectivity index (χ0) is 14.7. The standard InChI is InChI=1S/C16H15BrFNO/c1-11-6-7-13(17)9-15(11)16(20)19(2)10-12-4-3-5-14(18)8-12/h3-9H,10H2,1-2H3. The maximum Gasteiger partial charge on any atom is 0.254 e. The van der Waals surface area contributed by atoms with E-state index in [-0.39, 0.29) is 11.7 Å². The largest absolute Gasteiger partial charge is 0.337 e. The van der Waals surface area contributed by atoms with Crippen LogP contribution in [0.15, 0.2) is 46.9 Å². The minimum Gasteiger partial charge on any atom is -0.337 e. The first-order chi connectivity index (χ1) is 9.47. The molecule has 0 radical (unpaired) electrons. The molecule has 0 fully saturated rings. The predicted octanol–water partition coefficient (Wildman–Crippen LogP) is 4.17. The lowest BCUT2D eigenvalue weighted by Gasteiger charge is -2.18. The fourth-order valence-electron chi connectivity index (χ4n) is 2.01. The predicted molar refractivity (Wildman–Crippen MR) is 81.1 cm³/mol. The smallest absolute Gasteiger partial charge is 0.254 e. The van der Waals surface area contributed by atoms with Crippen molar-refractivity contribution < 1.29 is 9.18 Å². The maximum atomic E-state index is 13.1. The van der Waals surface area contributed by atoms with Crippen LogP contribution in [0.4, 0.5) is 4.39 Å². The van der Waals surface area contributed by atoms with E-state index in [0.717, 1.165) is 15.6 Å². The molecule has 0 aliphatic carbocycles. The van der Waals surface area contributed by atoms with E-state index in [1.807, 2.05) is 19.1 Å². The van der Waals surface area contributed by atoms with E-state index in [4.69, 9.17) is 0 Å². The van der Waals surface area contributed by atoms with E-state index < -0.39 is 0 Å². The fourth-order valence-corrected chi connectivity index (χ4v) is 2.37. The molecule has 0 atom stereocenters. The lowest BCUT2D eigenvalue weighted by Crippen LogP contribution is -2.26. The molecule has 0 saturated carbocycles. The molecule has 20 heavy (non-hydrogen) atoms. The van der Waals surface area contributed by atoms with Gasteiger partial charge in [0, 0.05) is 23.6 Å². The molecule has 0 saturated heterocycles. The van der Waals surface area contributed by atoms with Gasteiger partial charge in [-0.1, -0.05) is 34.1 Å². The second-order valence-electron chi connectivity index (χ2n) is 4.75. The Morgan fingerprint density at radius 1 is 1.25 bits per heavy atom. The van der Waals surface area contributed by atoms with Gasteiger partial charge >= 0.3 is 0 Å². The van der Waals surface area contributed by atoms with Gasteiger partial charge in [-0.25, -0.2) is 4.39 Å². The number of halogens is 2. The molecule has 0 bridgehead atoms. The van der Waals surface area contributed by atoms with E-state index >= 15 is 0 Å². The molecule has 0 aliphatic heterocycles. The van der Waals surface area contributed by atoms with Gasteiger partial charge in [-0.05, 0) is 42.3 Å². The topological polar surface area (TPSA) is 20.3 Å². The van der Waals surface area contributed by atoms with Crippen LogP contribution in [0.25, 0.3) is 0 Å². The normalized spacial score (nSPS) is 10.4. The molecule has 0 N–H and O–H groups in total. The quantitative estimate of drug-likeness (QED) is 0.824. The first kappa shape index (κ1) is 14.7. The van der Waals surface area contributed by atoms with Crippen LogP contribution >= 0.6 is 15.9 Å². The average molecular weight is 336 g/mol. The van der Waals surface area contributed by atoms with Gasteiger partial charge < -0.3 is 4.90 Å². The Kier molecular flexibility index (Phi) is 4.55. The maximum absolute atomic E-state index is 13.1. The summed E-state index contributed by atoms with van der Waals surface area (Å²) in [6, 6.07) is 11.9.